The topological polar surface area (TPSA) is 59.0 Å². The van der Waals surface area contributed by atoms with E-state index in [1.54, 1.807) is 17.7 Å². The fourth-order valence-electron chi connectivity index (χ4n) is 3.24. The van der Waals surface area contributed by atoms with E-state index in [0.29, 0.717) is 11.6 Å². The molecule has 0 radical (unpaired) electrons. The lowest BCUT2D eigenvalue weighted by molar-refractivity contribution is 0.0707. The number of carbonyl (C=O) groups excluding carboxylic acids is 1. The zero-order valence-electron chi connectivity index (χ0n) is 13.9. The monoisotopic (exact) mass is 370 g/mol. The fourth-order valence-corrected chi connectivity index (χ4v) is 4.85. The molecular weight excluding hydrogens is 352 g/mol. The number of carbonyl (C=O) groups is 1. The lowest BCUT2D eigenvalue weighted by atomic mass is 9.91. The maximum atomic E-state index is 12.7. The summed E-state index contributed by atoms with van der Waals surface area (Å²) < 4.78 is 0. The van der Waals surface area contributed by atoms with Gasteiger partial charge in [0, 0.05) is 36.3 Å². The Morgan fingerprint density at radius 2 is 2.12 bits per heavy atom. The standard InChI is InChI=1S/C18H18N4OS2/c1-12-9-19-11-20-16(12)13-4-6-22(7-5-13)18(23)14-10-25-17(21-14)15-3-2-8-24-15/h2-3,8-11,13H,4-7H2,1H3. The average Bonchev–Trinajstić information content (AvgIpc) is 3.33. The first kappa shape index (κ1) is 16.4. The van der Waals surface area contributed by atoms with Crippen LogP contribution in [0.25, 0.3) is 9.88 Å². The van der Waals surface area contributed by atoms with Gasteiger partial charge in [-0.1, -0.05) is 6.07 Å². The van der Waals surface area contributed by atoms with Crippen LogP contribution < -0.4 is 0 Å². The van der Waals surface area contributed by atoms with Crippen LogP contribution in [0.3, 0.4) is 0 Å². The summed E-state index contributed by atoms with van der Waals surface area (Å²) in [6, 6.07) is 4.04. The minimum Gasteiger partial charge on any atom is -0.337 e. The van der Waals surface area contributed by atoms with E-state index in [4.69, 9.17) is 0 Å². The van der Waals surface area contributed by atoms with Gasteiger partial charge in [-0.3, -0.25) is 4.79 Å². The van der Waals surface area contributed by atoms with Crippen molar-refractivity contribution >= 4 is 28.6 Å². The first-order chi connectivity index (χ1) is 12.2. The van der Waals surface area contributed by atoms with Crippen LogP contribution in [0.5, 0.6) is 0 Å². The van der Waals surface area contributed by atoms with Gasteiger partial charge in [0.1, 0.15) is 17.0 Å². The SMILES string of the molecule is Cc1cncnc1C1CCN(C(=O)c2csc(-c3cccs3)n2)CC1. The Morgan fingerprint density at radius 3 is 2.84 bits per heavy atom. The van der Waals surface area contributed by atoms with E-state index in [1.807, 2.05) is 40.9 Å². The van der Waals surface area contributed by atoms with Crippen LogP contribution in [0, 0.1) is 6.92 Å². The Morgan fingerprint density at radius 1 is 1.28 bits per heavy atom. The Bertz CT molecular complexity index is 867. The smallest absolute Gasteiger partial charge is 0.273 e. The summed E-state index contributed by atoms with van der Waals surface area (Å²) in [6.07, 6.45) is 5.35. The molecule has 0 atom stereocenters. The molecule has 1 fully saturated rings. The highest BCUT2D eigenvalue weighted by Gasteiger charge is 2.27. The zero-order valence-corrected chi connectivity index (χ0v) is 15.5. The minimum atomic E-state index is 0.0388. The molecule has 1 amide bonds. The molecule has 3 aromatic rings. The molecule has 0 N–H and O–H groups in total. The quantitative estimate of drug-likeness (QED) is 0.699. The van der Waals surface area contributed by atoms with Crippen molar-refractivity contribution in [3.8, 4) is 9.88 Å². The molecule has 0 bridgehead atoms. The molecule has 0 aromatic carbocycles. The number of hydrogen-bond donors (Lipinski definition) is 0. The van der Waals surface area contributed by atoms with E-state index < -0.39 is 0 Å². The Hall–Kier alpha value is -2.12. The third-order valence-corrected chi connectivity index (χ3v) is 6.44. The Kier molecular flexibility index (Phi) is 4.59. The zero-order chi connectivity index (χ0) is 17.2. The summed E-state index contributed by atoms with van der Waals surface area (Å²) in [6.45, 7) is 3.55. The highest BCUT2D eigenvalue weighted by atomic mass is 32.1. The van der Waals surface area contributed by atoms with Gasteiger partial charge >= 0.3 is 0 Å². The molecule has 0 spiro atoms. The second-order valence-electron chi connectivity index (χ2n) is 6.17. The van der Waals surface area contributed by atoms with E-state index in [0.717, 1.165) is 47.1 Å². The van der Waals surface area contributed by atoms with Crippen molar-refractivity contribution in [2.45, 2.75) is 25.7 Å². The second kappa shape index (κ2) is 7.01. The van der Waals surface area contributed by atoms with Crippen LogP contribution in [0.1, 0.15) is 40.5 Å². The van der Waals surface area contributed by atoms with Crippen molar-refractivity contribution in [2.75, 3.05) is 13.1 Å². The Labute approximate surface area is 154 Å². The summed E-state index contributed by atoms with van der Waals surface area (Å²) in [5.74, 6) is 0.445. The molecule has 7 heteroatoms. The molecule has 4 rings (SSSR count). The average molecular weight is 371 g/mol. The molecule has 0 saturated carbocycles. The molecule has 0 unspecified atom stereocenters. The molecule has 25 heavy (non-hydrogen) atoms. The van der Waals surface area contributed by atoms with Gasteiger partial charge in [-0.05, 0) is 36.8 Å². The summed E-state index contributed by atoms with van der Waals surface area (Å²) in [4.78, 5) is 28.8. The van der Waals surface area contributed by atoms with Crippen molar-refractivity contribution in [2.24, 2.45) is 0 Å². The van der Waals surface area contributed by atoms with Gasteiger partial charge in [-0.2, -0.15) is 0 Å². The van der Waals surface area contributed by atoms with E-state index in [-0.39, 0.29) is 5.91 Å². The third-order valence-electron chi connectivity index (χ3n) is 4.56. The van der Waals surface area contributed by atoms with Crippen LogP contribution in [0.15, 0.2) is 35.4 Å². The Balaban J connectivity index is 1.42. The molecule has 1 aliphatic rings. The number of aryl methyl sites for hydroxylation is 1. The fraction of sp³-hybridized carbons (Fsp3) is 0.333. The van der Waals surface area contributed by atoms with Crippen LogP contribution >= 0.6 is 22.7 Å². The minimum absolute atomic E-state index is 0.0388. The van der Waals surface area contributed by atoms with E-state index in [9.17, 15) is 4.79 Å². The number of hydrogen-bond acceptors (Lipinski definition) is 6. The van der Waals surface area contributed by atoms with Gasteiger partial charge < -0.3 is 4.90 Å². The van der Waals surface area contributed by atoms with Gasteiger partial charge in [0.05, 0.1) is 4.88 Å². The van der Waals surface area contributed by atoms with Crippen molar-refractivity contribution < 1.29 is 4.79 Å². The van der Waals surface area contributed by atoms with Gasteiger partial charge in [0.2, 0.25) is 0 Å². The second-order valence-corrected chi connectivity index (χ2v) is 7.98. The highest BCUT2D eigenvalue weighted by molar-refractivity contribution is 7.20. The summed E-state index contributed by atoms with van der Waals surface area (Å²) in [5.41, 5.74) is 2.81. The van der Waals surface area contributed by atoms with Gasteiger partial charge in [-0.15, -0.1) is 22.7 Å². The van der Waals surface area contributed by atoms with Crippen molar-refractivity contribution in [1.29, 1.82) is 0 Å². The predicted molar refractivity (Wildman–Crippen MR) is 100 cm³/mol. The van der Waals surface area contributed by atoms with Crippen molar-refractivity contribution in [1.82, 2.24) is 19.9 Å². The van der Waals surface area contributed by atoms with Crippen molar-refractivity contribution in [3.63, 3.8) is 0 Å². The molecule has 5 nitrogen and oxygen atoms in total. The van der Waals surface area contributed by atoms with Gasteiger partial charge in [0.25, 0.3) is 5.91 Å². The number of aromatic nitrogens is 3. The first-order valence-electron chi connectivity index (χ1n) is 8.27. The summed E-state index contributed by atoms with van der Waals surface area (Å²) in [7, 11) is 0. The normalized spacial score (nSPS) is 15.5. The van der Waals surface area contributed by atoms with E-state index >= 15 is 0 Å². The molecule has 1 aliphatic heterocycles. The lowest BCUT2D eigenvalue weighted by Gasteiger charge is -2.31. The maximum Gasteiger partial charge on any atom is 0.273 e. The number of likely N-dealkylation sites (tertiary alicyclic amines) is 1. The predicted octanol–water partition coefficient (Wildman–Crippen LogP) is 3.99. The number of thiophene rings is 1. The molecule has 128 valence electrons. The molecule has 3 aromatic heterocycles. The van der Waals surface area contributed by atoms with E-state index in [2.05, 4.69) is 15.0 Å². The van der Waals surface area contributed by atoms with Gasteiger partial charge in [0.15, 0.2) is 0 Å². The summed E-state index contributed by atoms with van der Waals surface area (Å²) >= 11 is 3.18. The van der Waals surface area contributed by atoms with Crippen LogP contribution in [0.4, 0.5) is 0 Å². The van der Waals surface area contributed by atoms with E-state index in [1.165, 1.54) is 11.3 Å². The largest absolute Gasteiger partial charge is 0.337 e. The number of rotatable bonds is 3. The van der Waals surface area contributed by atoms with Crippen LogP contribution in [0.2, 0.25) is 0 Å². The van der Waals surface area contributed by atoms with Crippen molar-refractivity contribution in [3.05, 3.63) is 52.4 Å². The van der Waals surface area contributed by atoms with Crippen LogP contribution in [-0.4, -0.2) is 38.8 Å². The number of piperidine rings is 1. The number of thiazole rings is 1. The summed E-state index contributed by atoms with van der Waals surface area (Å²) in [5, 5.41) is 4.82. The first-order valence-corrected chi connectivity index (χ1v) is 10.0. The molecule has 0 aliphatic carbocycles. The maximum absolute atomic E-state index is 12.7. The highest BCUT2D eigenvalue weighted by Crippen LogP contribution is 2.31. The van der Waals surface area contributed by atoms with Gasteiger partial charge in [-0.25, -0.2) is 15.0 Å². The molecule has 4 heterocycles. The third kappa shape index (κ3) is 3.34. The molecule has 1 saturated heterocycles. The number of nitrogens with zero attached hydrogens (tertiary/aromatic N) is 4. The lowest BCUT2D eigenvalue weighted by Crippen LogP contribution is -2.38. The molecular formula is C18H18N4OS2. The van der Waals surface area contributed by atoms with Crippen LogP contribution in [-0.2, 0) is 0 Å². The number of amides is 1.